The minimum absolute atomic E-state index is 0.0500. The minimum atomic E-state index is -0.483. The summed E-state index contributed by atoms with van der Waals surface area (Å²) in [6.45, 7) is 3.24. The number of aromatic nitrogens is 1. The molecule has 29 heavy (non-hydrogen) atoms. The van der Waals surface area contributed by atoms with Crippen LogP contribution in [-0.2, 0) is 0 Å². The molecule has 7 nitrogen and oxygen atoms in total. The van der Waals surface area contributed by atoms with Crippen molar-refractivity contribution in [2.75, 3.05) is 32.1 Å². The predicted octanol–water partition coefficient (Wildman–Crippen LogP) is 4.76. The van der Waals surface area contributed by atoms with E-state index in [2.05, 4.69) is 9.88 Å². The number of rotatable bonds is 7. The van der Waals surface area contributed by atoms with Crippen molar-refractivity contribution in [2.24, 2.45) is 0 Å². The number of hydrogen-bond acceptors (Lipinski definition) is 6. The number of carbonyl (C=O) groups is 1. The molecule has 1 amide bonds. The predicted molar refractivity (Wildman–Crippen MR) is 117 cm³/mol. The van der Waals surface area contributed by atoms with Gasteiger partial charge in [-0.15, -0.1) is 0 Å². The van der Waals surface area contributed by atoms with E-state index in [-0.39, 0.29) is 11.6 Å². The van der Waals surface area contributed by atoms with Gasteiger partial charge in [0.25, 0.3) is 11.6 Å². The number of non-ortho nitro benzene ring substituents is 1. The van der Waals surface area contributed by atoms with Crippen LogP contribution in [0.5, 0.6) is 0 Å². The number of anilines is 1. The lowest BCUT2D eigenvalue weighted by Crippen LogP contribution is -2.33. The molecule has 9 heteroatoms. The SMILES string of the molecule is Cc1cc(Cl)cc2sc(N(CCCN(C)C)C(=O)c3ccc([N+](=O)[O-])cc3)nc12. The Kier molecular flexibility index (Phi) is 6.46. The molecule has 0 spiro atoms. The summed E-state index contributed by atoms with van der Waals surface area (Å²) in [4.78, 5) is 32.0. The molecular weight excluding hydrogens is 412 g/mol. The van der Waals surface area contributed by atoms with Crippen LogP contribution in [0.25, 0.3) is 10.2 Å². The molecule has 3 rings (SSSR count). The monoisotopic (exact) mass is 432 g/mol. The number of carbonyl (C=O) groups excluding carboxylic acids is 1. The van der Waals surface area contributed by atoms with E-state index in [0.29, 0.717) is 22.3 Å². The molecule has 152 valence electrons. The normalized spacial score (nSPS) is 11.2. The molecule has 0 atom stereocenters. The van der Waals surface area contributed by atoms with E-state index >= 15 is 0 Å². The van der Waals surface area contributed by atoms with Crippen molar-refractivity contribution in [3.63, 3.8) is 0 Å². The molecule has 0 aliphatic heterocycles. The topological polar surface area (TPSA) is 79.6 Å². The molecule has 0 N–H and O–H groups in total. The van der Waals surface area contributed by atoms with Crippen LogP contribution in [-0.4, -0.2) is 47.9 Å². The van der Waals surface area contributed by atoms with E-state index in [1.807, 2.05) is 33.2 Å². The number of amides is 1. The molecule has 0 unspecified atom stereocenters. The highest BCUT2D eigenvalue weighted by molar-refractivity contribution is 7.22. The lowest BCUT2D eigenvalue weighted by atomic mass is 10.2. The van der Waals surface area contributed by atoms with Gasteiger partial charge in [0.1, 0.15) is 0 Å². The highest BCUT2D eigenvalue weighted by atomic mass is 35.5. The van der Waals surface area contributed by atoms with E-state index in [0.717, 1.165) is 28.7 Å². The van der Waals surface area contributed by atoms with Gasteiger partial charge in [-0.3, -0.25) is 19.8 Å². The quantitative estimate of drug-likeness (QED) is 0.397. The van der Waals surface area contributed by atoms with E-state index < -0.39 is 4.92 Å². The van der Waals surface area contributed by atoms with Crippen LogP contribution in [0.4, 0.5) is 10.8 Å². The van der Waals surface area contributed by atoms with Gasteiger partial charge in [0, 0.05) is 29.3 Å². The summed E-state index contributed by atoms with van der Waals surface area (Å²) in [5, 5.41) is 12.1. The van der Waals surface area contributed by atoms with E-state index in [1.165, 1.54) is 35.6 Å². The molecule has 0 radical (unpaired) electrons. The van der Waals surface area contributed by atoms with Gasteiger partial charge in [-0.2, -0.15) is 0 Å². The maximum absolute atomic E-state index is 13.2. The lowest BCUT2D eigenvalue weighted by Gasteiger charge is -2.21. The Morgan fingerprint density at radius 2 is 1.90 bits per heavy atom. The summed E-state index contributed by atoms with van der Waals surface area (Å²) in [7, 11) is 3.96. The van der Waals surface area contributed by atoms with Crippen molar-refractivity contribution in [3.05, 3.63) is 62.7 Å². The Hall–Kier alpha value is -2.55. The molecular formula is C20H21ClN4O3S. The number of fused-ring (bicyclic) bond motifs is 1. The summed E-state index contributed by atoms with van der Waals surface area (Å²) in [6.07, 6.45) is 0.765. The smallest absolute Gasteiger partial charge is 0.269 e. The van der Waals surface area contributed by atoms with Gasteiger partial charge in [0.15, 0.2) is 5.13 Å². The van der Waals surface area contributed by atoms with Gasteiger partial charge in [-0.1, -0.05) is 22.9 Å². The van der Waals surface area contributed by atoms with Gasteiger partial charge in [0.05, 0.1) is 15.1 Å². The van der Waals surface area contributed by atoms with Crippen LogP contribution < -0.4 is 4.90 Å². The van der Waals surface area contributed by atoms with Crippen LogP contribution in [0.15, 0.2) is 36.4 Å². The van der Waals surface area contributed by atoms with Crippen molar-refractivity contribution in [1.82, 2.24) is 9.88 Å². The van der Waals surface area contributed by atoms with Gasteiger partial charge in [0.2, 0.25) is 0 Å². The molecule has 0 bridgehead atoms. The fourth-order valence-corrected chi connectivity index (χ4v) is 4.41. The first kappa shape index (κ1) is 21.2. The average Bonchev–Trinajstić information content (AvgIpc) is 3.08. The Morgan fingerprint density at radius 1 is 1.21 bits per heavy atom. The number of hydrogen-bond donors (Lipinski definition) is 0. The number of nitrogens with zero attached hydrogens (tertiary/aromatic N) is 4. The highest BCUT2D eigenvalue weighted by Crippen LogP contribution is 2.33. The Morgan fingerprint density at radius 3 is 2.52 bits per heavy atom. The number of nitro benzene ring substituents is 1. The Balaban J connectivity index is 1.96. The zero-order valence-electron chi connectivity index (χ0n) is 16.4. The molecule has 0 fully saturated rings. The zero-order chi connectivity index (χ0) is 21.1. The lowest BCUT2D eigenvalue weighted by molar-refractivity contribution is -0.384. The van der Waals surface area contributed by atoms with Gasteiger partial charge in [-0.05, 0) is 63.8 Å². The van der Waals surface area contributed by atoms with Crippen molar-refractivity contribution in [3.8, 4) is 0 Å². The number of halogens is 1. The number of nitro groups is 1. The standard InChI is InChI=1S/C20H21ClN4O3S/c1-13-11-15(21)12-17-18(13)22-20(29-17)24(10-4-9-23(2)3)19(26)14-5-7-16(8-6-14)25(27)28/h5-8,11-12H,4,9-10H2,1-3H3. The third kappa shape index (κ3) is 4.90. The molecule has 1 aromatic heterocycles. The zero-order valence-corrected chi connectivity index (χ0v) is 18.0. The van der Waals surface area contributed by atoms with Crippen molar-refractivity contribution < 1.29 is 9.72 Å². The van der Waals surface area contributed by atoms with Crippen LogP contribution in [0, 0.1) is 17.0 Å². The molecule has 0 aliphatic carbocycles. The first-order valence-corrected chi connectivity index (χ1v) is 10.2. The van der Waals surface area contributed by atoms with Crippen LogP contribution in [0.2, 0.25) is 5.02 Å². The average molecular weight is 433 g/mol. The number of aryl methyl sites for hydroxylation is 1. The highest BCUT2D eigenvalue weighted by Gasteiger charge is 2.22. The number of thiazole rings is 1. The maximum Gasteiger partial charge on any atom is 0.269 e. The van der Waals surface area contributed by atoms with Crippen LogP contribution in [0.1, 0.15) is 22.3 Å². The Bertz CT molecular complexity index is 1050. The second-order valence-electron chi connectivity index (χ2n) is 6.98. The largest absolute Gasteiger partial charge is 0.309 e. The van der Waals surface area contributed by atoms with Gasteiger partial charge in [-0.25, -0.2) is 4.98 Å². The van der Waals surface area contributed by atoms with E-state index in [1.54, 1.807) is 4.90 Å². The summed E-state index contributed by atoms with van der Waals surface area (Å²) < 4.78 is 0.916. The van der Waals surface area contributed by atoms with E-state index in [4.69, 9.17) is 11.6 Å². The van der Waals surface area contributed by atoms with Crippen molar-refractivity contribution in [2.45, 2.75) is 13.3 Å². The first-order valence-electron chi connectivity index (χ1n) is 9.04. The maximum atomic E-state index is 13.2. The molecule has 3 aromatic rings. The molecule has 0 saturated carbocycles. The van der Waals surface area contributed by atoms with Crippen LogP contribution >= 0.6 is 22.9 Å². The molecule has 2 aromatic carbocycles. The van der Waals surface area contributed by atoms with Crippen LogP contribution in [0.3, 0.4) is 0 Å². The van der Waals surface area contributed by atoms with E-state index in [9.17, 15) is 14.9 Å². The third-order valence-electron chi connectivity index (χ3n) is 4.43. The molecule has 0 aliphatic rings. The first-order chi connectivity index (χ1) is 13.8. The van der Waals surface area contributed by atoms with Crippen molar-refractivity contribution >= 4 is 49.9 Å². The summed E-state index contributed by atoms with van der Waals surface area (Å²) in [5.41, 5.74) is 2.11. The fraction of sp³-hybridized carbons (Fsp3) is 0.300. The summed E-state index contributed by atoms with van der Waals surface area (Å²) in [6, 6.07) is 9.34. The third-order valence-corrected chi connectivity index (χ3v) is 5.67. The minimum Gasteiger partial charge on any atom is -0.309 e. The molecule has 0 saturated heterocycles. The fourth-order valence-electron chi connectivity index (χ4n) is 2.97. The second-order valence-corrected chi connectivity index (χ2v) is 8.43. The molecule has 1 heterocycles. The second kappa shape index (κ2) is 8.86. The van der Waals surface area contributed by atoms with Crippen molar-refractivity contribution in [1.29, 1.82) is 0 Å². The number of benzene rings is 2. The Labute approximate surface area is 177 Å². The van der Waals surface area contributed by atoms with Gasteiger partial charge >= 0.3 is 0 Å². The summed E-state index contributed by atoms with van der Waals surface area (Å²) >= 11 is 7.58. The van der Waals surface area contributed by atoms with Gasteiger partial charge < -0.3 is 4.90 Å². The summed E-state index contributed by atoms with van der Waals surface area (Å²) in [5.74, 6) is -0.235.